The average molecular weight is 482 g/mol. The van der Waals surface area contributed by atoms with Crippen LogP contribution >= 0.6 is 0 Å². The zero-order chi connectivity index (χ0) is 25.4. The molecule has 2 amide bonds. The van der Waals surface area contributed by atoms with Gasteiger partial charge in [-0.1, -0.05) is 29.5 Å². The van der Waals surface area contributed by atoms with Crippen LogP contribution in [0.2, 0.25) is 0 Å². The molecule has 35 heavy (non-hydrogen) atoms. The van der Waals surface area contributed by atoms with Gasteiger partial charge in [0, 0.05) is 12.1 Å². The molecule has 1 heterocycles. The zero-order valence-electron chi connectivity index (χ0n) is 19.4. The third kappa shape index (κ3) is 6.05. The molecule has 12 heteroatoms. The summed E-state index contributed by atoms with van der Waals surface area (Å²) in [6.45, 7) is 0.171. The molecule has 0 spiro atoms. The van der Waals surface area contributed by atoms with Crippen molar-refractivity contribution in [1.29, 1.82) is 0 Å². The summed E-state index contributed by atoms with van der Waals surface area (Å²) in [5, 5.41) is 24.0. The molecule has 0 unspecified atom stereocenters. The lowest BCUT2D eigenvalue weighted by molar-refractivity contribution is -0.268. The van der Waals surface area contributed by atoms with Gasteiger partial charge in [0.15, 0.2) is 23.0 Å². The van der Waals surface area contributed by atoms with Crippen molar-refractivity contribution < 1.29 is 33.7 Å². The molecule has 184 valence electrons. The van der Waals surface area contributed by atoms with Crippen molar-refractivity contribution in [3.05, 3.63) is 59.4 Å². The van der Waals surface area contributed by atoms with Crippen molar-refractivity contribution in [2.75, 3.05) is 34.4 Å². The lowest BCUT2D eigenvalue weighted by Crippen LogP contribution is -2.30. The topological polar surface area (TPSA) is 157 Å². The predicted molar refractivity (Wildman–Crippen MR) is 121 cm³/mol. The molecule has 3 rings (SSSR count). The van der Waals surface area contributed by atoms with E-state index in [1.54, 1.807) is 12.1 Å². The van der Waals surface area contributed by atoms with Crippen LogP contribution in [-0.4, -0.2) is 67.0 Å². The first-order chi connectivity index (χ1) is 16.9. The van der Waals surface area contributed by atoms with Crippen LogP contribution in [0.15, 0.2) is 42.6 Å². The highest BCUT2D eigenvalue weighted by Crippen LogP contribution is 2.39. The van der Waals surface area contributed by atoms with Crippen molar-refractivity contribution >= 4 is 17.6 Å². The number of nitrogens with one attached hydrogen (secondary N) is 2. The van der Waals surface area contributed by atoms with Gasteiger partial charge in [-0.25, -0.2) is 4.68 Å². The minimum atomic E-state index is -0.579. The standard InChI is InChI=1S/C23H25N5O7/c1-33-19-9-8-16(20(34-2)21(19)35-3)22(31)24-10-11-28-13-17(26-27-28)23(32)25-12-18(30)14-4-6-15(29)7-5-14/h4-9,13,29H,10-12H2,1-3H3,(H,24,31)(H,25,32)/p-1. The quantitative estimate of drug-likeness (QED) is 0.370. The number of methoxy groups -OCH3 is 3. The van der Waals surface area contributed by atoms with Crippen molar-refractivity contribution in [2.45, 2.75) is 6.54 Å². The summed E-state index contributed by atoms with van der Waals surface area (Å²) in [6, 6.07) is 8.52. The largest absolute Gasteiger partial charge is 0.872 e. The number of ether oxygens (including phenoxy) is 3. The van der Waals surface area contributed by atoms with Gasteiger partial charge in [-0.2, -0.15) is 0 Å². The highest BCUT2D eigenvalue weighted by Gasteiger charge is 2.20. The lowest BCUT2D eigenvalue weighted by atomic mass is 10.1. The van der Waals surface area contributed by atoms with E-state index in [9.17, 15) is 19.5 Å². The maximum Gasteiger partial charge on any atom is 0.273 e. The first-order valence-corrected chi connectivity index (χ1v) is 10.4. The molecule has 0 aliphatic heterocycles. The molecule has 0 bridgehead atoms. The Kier molecular flexibility index (Phi) is 8.22. The summed E-state index contributed by atoms with van der Waals surface area (Å²) >= 11 is 0. The number of carbonyl (C=O) groups excluding carboxylic acids is 3. The maximum absolute atomic E-state index is 12.6. The Morgan fingerprint density at radius 1 is 0.914 bits per heavy atom. The van der Waals surface area contributed by atoms with Crippen LogP contribution in [0.3, 0.4) is 0 Å². The van der Waals surface area contributed by atoms with Crippen LogP contribution in [0, 0.1) is 0 Å². The van der Waals surface area contributed by atoms with Crippen molar-refractivity contribution in [3.8, 4) is 23.0 Å². The van der Waals surface area contributed by atoms with E-state index in [2.05, 4.69) is 20.9 Å². The summed E-state index contributed by atoms with van der Waals surface area (Å²) in [7, 11) is 4.35. The molecule has 3 aromatic rings. The number of ketones is 1. The number of Topliss-reactive ketones (excluding diaryl/α,β-unsaturated/α-hetero) is 1. The molecule has 0 aliphatic carbocycles. The number of benzene rings is 2. The summed E-state index contributed by atoms with van der Waals surface area (Å²) in [4.78, 5) is 37.0. The second kappa shape index (κ2) is 11.5. The van der Waals surface area contributed by atoms with E-state index in [1.165, 1.54) is 56.5 Å². The molecular formula is C23H24N5O7-. The van der Waals surface area contributed by atoms with Crippen molar-refractivity contribution in [3.63, 3.8) is 0 Å². The van der Waals surface area contributed by atoms with Crippen LogP contribution in [0.1, 0.15) is 31.2 Å². The smallest absolute Gasteiger partial charge is 0.273 e. The third-order valence-corrected chi connectivity index (χ3v) is 4.93. The van der Waals surface area contributed by atoms with Crippen molar-refractivity contribution in [1.82, 2.24) is 25.6 Å². The van der Waals surface area contributed by atoms with E-state index in [1.807, 2.05) is 0 Å². The maximum atomic E-state index is 12.6. The molecule has 12 nitrogen and oxygen atoms in total. The molecule has 0 fully saturated rings. The van der Waals surface area contributed by atoms with E-state index < -0.39 is 11.8 Å². The Hall–Kier alpha value is -4.61. The normalized spacial score (nSPS) is 10.4. The molecule has 2 N–H and O–H groups in total. The van der Waals surface area contributed by atoms with Crippen molar-refractivity contribution in [2.24, 2.45) is 0 Å². The van der Waals surface area contributed by atoms with Gasteiger partial charge in [0.05, 0.1) is 46.2 Å². The van der Waals surface area contributed by atoms with Gasteiger partial charge in [0.1, 0.15) is 0 Å². The fourth-order valence-electron chi connectivity index (χ4n) is 3.17. The minimum Gasteiger partial charge on any atom is -0.872 e. The Bertz CT molecular complexity index is 1210. The van der Waals surface area contributed by atoms with Gasteiger partial charge in [0.2, 0.25) is 5.75 Å². The van der Waals surface area contributed by atoms with E-state index >= 15 is 0 Å². The summed E-state index contributed by atoms with van der Waals surface area (Å²) < 4.78 is 17.2. The van der Waals surface area contributed by atoms with E-state index in [0.29, 0.717) is 17.1 Å². The molecule has 0 radical (unpaired) electrons. The molecule has 2 aromatic carbocycles. The van der Waals surface area contributed by atoms with Gasteiger partial charge in [-0.05, 0) is 12.1 Å². The van der Waals surface area contributed by atoms with E-state index in [-0.39, 0.29) is 48.2 Å². The van der Waals surface area contributed by atoms with E-state index in [4.69, 9.17) is 14.2 Å². The Morgan fingerprint density at radius 3 is 2.29 bits per heavy atom. The van der Waals surface area contributed by atoms with Crippen LogP contribution in [0.5, 0.6) is 23.0 Å². The lowest BCUT2D eigenvalue weighted by Gasteiger charge is -2.15. The Morgan fingerprint density at radius 2 is 1.63 bits per heavy atom. The molecule has 0 saturated heterocycles. The van der Waals surface area contributed by atoms with Crippen LogP contribution in [-0.2, 0) is 6.54 Å². The number of amides is 2. The molecule has 0 aliphatic rings. The highest BCUT2D eigenvalue weighted by molar-refractivity contribution is 6.01. The molecule has 0 atom stereocenters. The second-order valence-electron chi connectivity index (χ2n) is 7.13. The number of rotatable bonds is 11. The van der Waals surface area contributed by atoms with Gasteiger partial charge in [-0.3, -0.25) is 14.4 Å². The second-order valence-corrected chi connectivity index (χ2v) is 7.13. The monoisotopic (exact) mass is 482 g/mol. The first-order valence-electron chi connectivity index (χ1n) is 10.4. The highest BCUT2D eigenvalue weighted by atomic mass is 16.5. The minimum absolute atomic E-state index is 0.0144. The predicted octanol–water partition coefficient (Wildman–Crippen LogP) is 0.420. The fraction of sp³-hybridized carbons (Fsp3) is 0.261. The van der Waals surface area contributed by atoms with Gasteiger partial charge in [0.25, 0.3) is 11.8 Å². The zero-order valence-corrected chi connectivity index (χ0v) is 19.4. The number of hydrogen-bond acceptors (Lipinski definition) is 9. The summed E-state index contributed by atoms with van der Waals surface area (Å²) in [6.07, 6.45) is 1.40. The molecule has 0 saturated carbocycles. The molecule has 1 aromatic heterocycles. The van der Waals surface area contributed by atoms with Crippen LogP contribution < -0.4 is 30.0 Å². The third-order valence-electron chi connectivity index (χ3n) is 4.93. The number of carbonyl (C=O) groups is 3. The van der Waals surface area contributed by atoms with E-state index in [0.717, 1.165) is 0 Å². The van der Waals surface area contributed by atoms with Gasteiger partial charge in [-0.15, -0.1) is 10.8 Å². The van der Waals surface area contributed by atoms with Crippen LogP contribution in [0.25, 0.3) is 0 Å². The Labute approximate surface area is 200 Å². The van der Waals surface area contributed by atoms with Gasteiger partial charge >= 0.3 is 0 Å². The summed E-state index contributed by atoms with van der Waals surface area (Å²) in [5.41, 5.74) is 0.592. The molecular weight excluding hydrogens is 458 g/mol. The van der Waals surface area contributed by atoms with Gasteiger partial charge < -0.3 is 30.0 Å². The SMILES string of the molecule is COc1ccc(C(=O)NCCn2cc(C(=O)NCC(=O)c3ccc([O-])cc3)nn2)c(OC)c1OC. The average Bonchev–Trinajstić information content (AvgIpc) is 3.35. The summed E-state index contributed by atoms with van der Waals surface area (Å²) in [5.74, 6) is -0.566. The number of aromatic nitrogens is 3. The fourth-order valence-corrected chi connectivity index (χ4v) is 3.17. The van der Waals surface area contributed by atoms with Crippen LogP contribution in [0.4, 0.5) is 0 Å². The number of hydrogen-bond donors (Lipinski definition) is 2. The Balaban J connectivity index is 1.52. The first kappa shape index (κ1) is 25.0. The number of nitrogens with zero attached hydrogens (tertiary/aromatic N) is 3.